The molecule has 19 heavy (non-hydrogen) atoms. The van der Waals surface area contributed by atoms with E-state index in [4.69, 9.17) is 9.84 Å². The molecule has 0 bridgehead atoms. The number of amides is 1. The van der Waals surface area contributed by atoms with Gasteiger partial charge in [0.1, 0.15) is 12.6 Å². The lowest BCUT2D eigenvalue weighted by atomic mass is 10.2. The van der Waals surface area contributed by atoms with E-state index in [-0.39, 0.29) is 19.4 Å². The summed E-state index contributed by atoms with van der Waals surface area (Å²) >= 11 is 0. The lowest BCUT2D eigenvalue weighted by molar-refractivity contribution is -0.139. The maximum atomic E-state index is 12.0. The van der Waals surface area contributed by atoms with Gasteiger partial charge in [-0.15, -0.1) is 0 Å². The van der Waals surface area contributed by atoms with Crippen molar-refractivity contribution in [3.8, 4) is 0 Å². The SMILES string of the molecule is O=C(N[C@@H](CCCF)C(=O)O)OCc1ccccc1. The highest BCUT2D eigenvalue weighted by Gasteiger charge is 2.20. The van der Waals surface area contributed by atoms with Gasteiger partial charge in [-0.3, -0.25) is 4.39 Å². The zero-order valence-electron chi connectivity index (χ0n) is 10.3. The van der Waals surface area contributed by atoms with Gasteiger partial charge in [0.25, 0.3) is 0 Å². The van der Waals surface area contributed by atoms with Gasteiger partial charge in [0.2, 0.25) is 0 Å². The molecule has 0 aliphatic rings. The van der Waals surface area contributed by atoms with Gasteiger partial charge in [-0.2, -0.15) is 0 Å². The maximum absolute atomic E-state index is 12.0. The van der Waals surface area contributed by atoms with Crippen molar-refractivity contribution in [2.24, 2.45) is 0 Å². The summed E-state index contributed by atoms with van der Waals surface area (Å²) in [6.45, 7) is -0.563. The molecule has 1 aromatic rings. The second-order valence-electron chi connectivity index (χ2n) is 3.93. The van der Waals surface area contributed by atoms with Gasteiger partial charge in [0, 0.05) is 0 Å². The fourth-order valence-electron chi connectivity index (χ4n) is 1.45. The summed E-state index contributed by atoms with van der Waals surface area (Å²) < 4.78 is 16.9. The normalized spacial score (nSPS) is 11.6. The number of carboxylic acid groups (broad SMARTS) is 1. The van der Waals surface area contributed by atoms with Crippen LogP contribution in [0.2, 0.25) is 0 Å². The Morgan fingerprint density at radius 2 is 2.00 bits per heavy atom. The predicted octanol–water partition coefficient (Wildman–Crippen LogP) is 2.12. The van der Waals surface area contributed by atoms with E-state index in [0.29, 0.717) is 0 Å². The summed E-state index contributed by atoms with van der Waals surface area (Å²) in [5, 5.41) is 11.0. The molecule has 0 fully saturated rings. The lowest BCUT2D eigenvalue weighted by Crippen LogP contribution is -2.41. The number of carbonyl (C=O) groups excluding carboxylic acids is 1. The first-order chi connectivity index (χ1) is 9.13. The number of aliphatic carboxylic acids is 1. The summed E-state index contributed by atoms with van der Waals surface area (Å²) in [5.74, 6) is -1.20. The molecule has 0 saturated heterocycles. The zero-order chi connectivity index (χ0) is 14.1. The standard InChI is InChI=1S/C13H16FNO4/c14-8-4-7-11(12(16)17)15-13(18)19-9-10-5-2-1-3-6-10/h1-3,5-6,11H,4,7-9H2,(H,15,18)(H,16,17)/t11-/m0/s1. The third kappa shape index (κ3) is 5.85. The van der Waals surface area contributed by atoms with Crippen LogP contribution in [0, 0.1) is 0 Å². The summed E-state index contributed by atoms with van der Waals surface area (Å²) in [6, 6.07) is 7.88. The molecule has 1 atom stereocenters. The second kappa shape index (κ2) is 8.07. The number of hydrogen-bond acceptors (Lipinski definition) is 3. The number of hydrogen-bond donors (Lipinski definition) is 2. The largest absolute Gasteiger partial charge is 0.480 e. The number of benzene rings is 1. The van der Waals surface area contributed by atoms with Crippen molar-refractivity contribution >= 4 is 12.1 Å². The van der Waals surface area contributed by atoms with E-state index in [1.54, 1.807) is 24.3 Å². The molecule has 0 radical (unpaired) electrons. The van der Waals surface area contributed by atoms with E-state index in [1.807, 2.05) is 6.07 Å². The van der Waals surface area contributed by atoms with Crippen molar-refractivity contribution in [2.75, 3.05) is 6.67 Å². The molecule has 0 heterocycles. The number of ether oxygens (including phenoxy) is 1. The van der Waals surface area contributed by atoms with Crippen LogP contribution >= 0.6 is 0 Å². The molecular weight excluding hydrogens is 253 g/mol. The molecule has 0 aliphatic carbocycles. The third-order valence-electron chi connectivity index (χ3n) is 2.43. The van der Waals surface area contributed by atoms with Gasteiger partial charge >= 0.3 is 12.1 Å². The summed E-state index contributed by atoms with van der Waals surface area (Å²) in [4.78, 5) is 22.2. The Hall–Kier alpha value is -2.11. The van der Waals surface area contributed by atoms with Gasteiger partial charge in [0.05, 0.1) is 6.67 Å². The first-order valence-electron chi connectivity index (χ1n) is 5.89. The van der Waals surface area contributed by atoms with Gasteiger partial charge in [-0.05, 0) is 18.4 Å². The first kappa shape index (κ1) is 14.9. The quantitative estimate of drug-likeness (QED) is 0.795. The highest BCUT2D eigenvalue weighted by atomic mass is 19.1. The maximum Gasteiger partial charge on any atom is 0.408 e. The third-order valence-corrected chi connectivity index (χ3v) is 2.43. The molecule has 2 N–H and O–H groups in total. The fourth-order valence-corrected chi connectivity index (χ4v) is 1.45. The smallest absolute Gasteiger partial charge is 0.408 e. The molecule has 0 saturated carbocycles. The van der Waals surface area contributed by atoms with E-state index in [2.05, 4.69) is 5.32 Å². The molecule has 0 aromatic heterocycles. The van der Waals surface area contributed by atoms with E-state index >= 15 is 0 Å². The summed E-state index contributed by atoms with van der Waals surface area (Å²) in [6.07, 6.45) is -0.711. The van der Waals surface area contributed by atoms with Gasteiger partial charge in [-0.1, -0.05) is 30.3 Å². The predicted molar refractivity (Wildman–Crippen MR) is 66.4 cm³/mol. The Balaban J connectivity index is 2.38. The van der Waals surface area contributed by atoms with Crippen molar-refractivity contribution in [1.82, 2.24) is 5.32 Å². The van der Waals surface area contributed by atoms with Crippen LogP contribution in [0.4, 0.5) is 9.18 Å². The Morgan fingerprint density at radius 1 is 1.32 bits per heavy atom. The van der Waals surface area contributed by atoms with E-state index < -0.39 is 24.8 Å². The Bertz CT molecular complexity index is 410. The monoisotopic (exact) mass is 269 g/mol. The topological polar surface area (TPSA) is 75.6 Å². The van der Waals surface area contributed by atoms with Gasteiger partial charge in [-0.25, -0.2) is 9.59 Å². The van der Waals surface area contributed by atoms with Gasteiger partial charge < -0.3 is 15.2 Å². The molecule has 1 rings (SSSR count). The minimum Gasteiger partial charge on any atom is -0.480 e. The summed E-state index contributed by atoms with van der Waals surface area (Å²) in [5.41, 5.74) is 0.799. The van der Waals surface area contributed by atoms with Crippen LogP contribution in [0.1, 0.15) is 18.4 Å². The highest BCUT2D eigenvalue weighted by Crippen LogP contribution is 2.02. The number of alkyl carbamates (subject to hydrolysis) is 1. The second-order valence-corrected chi connectivity index (χ2v) is 3.93. The van der Waals surface area contributed by atoms with Crippen molar-refractivity contribution in [2.45, 2.75) is 25.5 Å². The van der Waals surface area contributed by atoms with E-state index in [1.165, 1.54) is 0 Å². The molecule has 0 spiro atoms. The van der Waals surface area contributed by atoms with Crippen LogP contribution in [-0.2, 0) is 16.1 Å². The van der Waals surface area contributed by atoms with E-state index in [0.717, 1.165) is 5.56 Å². The van der Waals surface area contributed by atoms with Crippen LogP contribution in [0.25, 0.3) is 0 Å². The molecule has 104 valence electrons. The molecule has 1 amide bonds. The molecular formula is C13H16FNO4. The summed E-state index contributed by atoms with van der Waals surface area (Å²) in [7, 11) is 0. The van der Waals surface area contributed by atoms with Crippen molar-refractivity contribution < 1.29 is 23.8 Å². The molecule has 5 nitrogen and oxygen atoms in total. The average molecular weight is 269 g/mol. The minimum absolute atomic E-state index is 0.0340. The average Bonchev–Trinajstić information content (AvgIpc) is 2.42. The Labute approximate surface area is 110 Å². The lowest BCUT2D eigenvalue weighted by Gasteiger charge is -2.13. The van der Waals surface area contributed by atoms with Crippen LogP contribution in [0.3, 0.4) is 0 Å². The van der Waals surface area contributed by atoms with Crippen molar-refractivity contribution in [3.05, 3.63) is 35.9 Å². The van der Waals surface area contributed by atoms with E-state index in [9.17, 15) is 14.0 Å². The molecule has 0 aliphatic heterocycles. The Morgan fingerprint density at radius 3 is 2.58 bits per heavy atom. The van der Waals surface area contributed by atoms with Crippen LogP contribution in [0.5, 0.6) is 0 Å². The number of halogens is 1. The first-order valence-corrected chi connectivity index (χ1v) is 5.89. The van der Waals surface area contributed by atoms with Crippen molar-refractivity contribution in [3.63, 3.8) is 0 Å². The number of alkyl halides is 1. The minimum atomic E-state index is -1.20. The number of nitrogens with one attached hydrogen (secondary N) is 1. The van der Waals surface area contributed by atoms with Crippen LogP contribution in [0.15, 0.2) is 30.3 Å². The molecule has 0 unspecified atom stereocenters. The van der Waals surface area contributed by atoms with Gasteiger partial charge in [0.15, 0.2) is 0 Å². The fraction of sp³-hybridized carbons (Fsp3) is 0.385. The van der Waals surface area contributed by atoms with Crippen LogP contribution < -0.4 is 5.32 Å². The number of carboxylic acids is 1. The molecule has 6 heteroatoms. The Kier molecular flexibility index (Phi) is 6.35. The van der Waals surface area contributed by atoms with Crippen LogP contribution in [-0.4, -0.2) is 29.9 Å². The number of rotatable bonds is 7. The zero-order valence-corrected chi connectivity index (χ0v) is 10.3. The highest BCUT2D eigenvalue weighted by molar-refractivity contribution is 5.79. The molecule has 1 aromatic carbocycles. The van der Waals surface area contributed by atoms with Crippen molar-refractivity contribution in [1.29, 1.82) is 0 Å². The number of carbonyl (C=O) groups is 2.